The van der Waals surface area contributed by atoms with E-state index in [2.05, 4.69) is 31.9 Å². The molecule has 0 aliphatic carbocycles. The van der Waals surface area contributed by atoms with Gasteiger partial charge >= 0.3 is 0 Å². The van der Waals surface area contributed by atoms with Gasteiger partial charge in [0.25, 0.3) is 0 Å². The van der Waals surface area contributed by atoms with Crippen molar-refractivity contribution in [1.82, 2.24) is 9.80 Å². The zero-order chi connectivity index (χ0) is 36.1. The Balaban J connectivity index is 1.36. The van der Waals surface area contributed by atoms with Gasteiger partial charge in [0.15, 0.2) is 0 Å². The normalized spacial score (nSPS) is 16.0. The Morgan fingerprint density at radius 1 is 0.627 bits per heavy atom. The fourth-order valence-electron chi connectivity index (χ4n) is 6.28. The topological polar surface area (TPSA) is 81.1 Å². The second-order valence-corrected chi connectivity index (χ2v) is 16.1. The van der Waals surface area contributed by atoms with Gasteiger partial charge < -0.3 is 20.0 Å². The number of halogens is 4. The number of aliphatic hydroxyl groups excluding tert-OH is 2. The van der Waals surface area contributed by atoms with Crippen LogP contribution in [0, 0.1) is 0 Å². The predicted octanol–water partition coefficient (Wildman–Crippen LogP) is 10.00. The highest BCUT2D eigenvalue weighted by Gasteiger charge is 2.23. The molecule has 0 spiro atoms. The number of likely N-dealkylation sites (tertiary alicyclic amines) is 2. The molecule has 6 rings (SSSR count). The maximum absolute atomic E-state index is 13.1. The molecule has 0 aromatic heterocycles. The van der Waals surface area contributed by atoms with Crippen LogP contribution in [0.5, 0.6) is 0 Å². The average Bonchev–Trinajstić information content (AvgIpc) is 3.13. The third-order valence-corrected chi connectivity index (χ3v) is 12.7. The van der Waals surface area contributed by atoms with Gasteiger partial charge in [-0.2, -0.15) is 0 Å². The van der Waals surface area contributed by atoms with Gasteiger partial charge in [0, 0.05) is 68.2 Å². The lowest BCUT2D eigenvalue weighted by molar-refractivity contribution is -0.128. The first kappa shape index (κ1) is 37.9. The molecule has 2 aliphatic rings. The van der Waals surface area contributed by atoms with Crippen LogP contribution >= 0.6 is 66.8 Å². The summed E-state index contributed by atoms with van der Waals surface area (Å²) in [5.41, 5.74) is 4.89. The Morgan fingerprint density at radius 2 is 1.00 bits per heavy atom. The van der Waals surface area contributed by atoms with Crippen LogP contribution in [0.15, 0.2) is 104 Å². The molecule has 2 amide bonds. The minimum atomic E-state index is -0.361. The van der Waals surface area contributed by atoms with Crippen LogP contribution in [0.25, 0.3) is 34.4 Å². The van der Waals surface area contributed by atoms with Crippen molar-refractivity contribution in [1.29, 1.82) is 0 Å². The molecular weight excluding hydrogens is 835 g/mol. The van der Waals surface area contributed by atoms with Crippen LogP contribution < -0.4 is 0 Å². The fourth-order valence-corrected chi connectivity index (χ4v) is 8.92. The molecule has 2 saturated heterocycles. The zero-order valence-corrected chi connectivity index (χ0v) is 33.1. The summed E-state index contributed by atoms with van der Waals surface area (Å²) < 4.78 is 1.72. The average molecular weight is 872 g/mol. The smallest absolute Gasteiger partial charge is 0.246 e. The first-order chi connectivity index (χ1) is 24.6. The number of carbonyl (C=O) groups is 2. The Hall–Kier alpha value is -2.89. The predicted molar refractivity (Wildman–Crippen MR) is 215 cm³/mol. The van der Waals surface area contributed by atoms with Gasteiger partial charge in [0.1, 0.15) is 0 Å². The molecule has 51 heavy (non-hydrogen) atoms. The molecule has 2 N–H and O–H groups in total. The summed E-state index contributed by atoms with van der Waals surface area (Å²) in [4.78, 5) is 31.2. The summed E-state index contributed by atoms with van der Waals surface area (Å²) >= 11 is 23.4. The highest BCUT2D eigenvalue weighted by Crippen LogP contribution is 2.48. The summed E-state index contributed by atoms with van der Waals surface area (Å²) in [5.74, 6) is -0.210. The number of carbonyl (C=O) groups excluding carboxylic acids is 2. The van der Waals surface area contributed by atoms with Crippen molar-refractivity contribution in [3.8, 4) is 22.3 Å². The van der Waals surface area contributed by atoms with Gasteiger partial charge in [-0.3, -0.25) is 9.59 Å². The van der Waals surface area contributed by atoms with Crippen molar-refractivity contribution in [3.63, 3.8) is 0 Å². The van der Waals surface area contributed by atoms with Crippen LogP contribution in [-0.4, -0.2) is 70.2 Å². The molecule has 0 bridgehead atoms. The Bertz CT molecular complexity index is 1850. The maximum atomic E-state index is 13.1. The van der Waals surface area contributed by atoms with E-state index in [0.717, 1.165) is 52.1 Å². The first-order valence-corrected chi connectivity index (χ1v) is 19.9. The van der Waals surface area contributed by atoms with Crippen molar-refractivity contribution in [3.05, 3.63) is 115 Å². The molecule has 0 atom stereocenters. The summed E-state index contributed by atoms with van der Waals surface area (Å²) in [5, 5.41) is 20.8. The van der Waals surface area contributed by atoms with Crippen molar-refractivity contribution in [2.24, 2.45) is 0 Å². The molecule has 6 nitrogen and oxygen atoms in total. The van der Waals surface area contributed by atoms with Crippen LogP contribution in [0.3, 0.4) is 0 Å². The van der Waals surface area contributed by atoms with Crippen LogP contribution in [-0.2, 0) is 9.59 Å². The second-order valence-electron chi connectivity index (χ2n) is 12.5. The van der Waals surface area contributed by atoms with E-state index < -0.39 is 0 Å². The van der Waals surface area contributed by atoms with E-state index in [-0.39, 0.29) is 24.0 Å². The minimum Gasteiger partial charge on any atom is -0.393 e. The van der Waals surface area contributed by atoms with E-state index in [1.54, 1.807) is 34.1 Å². The standard InChI is InChI=1S/C40H36Br2Cl2N2O4S/c41-31-7-3-1-5-29(31)37-25(11-15-35(49)45-21-17-27(47)18-22-45)9-13-33(39(37)43)51-34-14-10-26(12-16-36(50)46-23-19-28(48)20-24-46)38(40(34)44)30-6-2-4-8-32(30)42/h1-16,27-28,47-48H,17-24H2. The SMILES string of the molecule is O=C(C=Cc1ccc(Sc2ccc(C=CC(=O)N3CCC(O)CC3)c(-c3ccccc3Br)c2Cl)c(Cl)c1-c1ccccc1Br)N1CCC(O)CC1. The molecule has 4 aromatic rings. The monoisotopic (exact) mass is 868 g/mol. The summed E-state index contributed by atoms with van der Waals surface area (Å²) in [6, 6.07) is 23.4. The third-order valence-electron chi connectivity index (χ3n) is 9.15. The van der Waals surface area contributed by atoms with Gasteiger partial charge in [0.05, 0.1) is 22.3 Å². The highest BCUT2D eigenvalue weighted by molar-refractivity contribution is 9.11. The van der Waals surface area contributed by atoms with Gasteiger partial charge in [0.2, 0.25) is 11.8 Å². The van der Waals surface area contributed by atoms with E-state index in [1.807, 2.05) is 72.8 Å². The van der Waals surface area contributed by atoms with Gasteiger partial charge in [-0.05, 0) is 84.4 Å². The van der Waals surface area contributed by atoms with E-state index >= 15 is 0 Å². The van der Waals surface area contributed by atoms with Gasteiger partial charge in [-0.15, -0.1) is 0 Å². The number of rotatable bonds is 8. The molecule has 0 saturated carbocycles. The molecule has 2 heterocycles. The Labute approximate surface area is 329 Å². The van der Waals surface area contributed by atoms with Crippen molar-refractivity contribution >= 4 is 90.8 Å². The number of amides is 2. The maximum Gasteiger partial charge on any atom is 0.246 e. The molecule has 2 aliphatic heterocycles. The van der Waals surface area contributed by atoms with Crippen molar-refractivity contribution < 1.29 is 19.8 Å². The molecular formula is C40H36Br2Cl2N2O4S. The molecule has 0 unspecified atom stereocenters. The van der Waals surface area contributed by atoms with Crippen molar-refractivity contribution in [2.45, 2.75) is 47.7 Å². The lowest BCUT2D eigenvalue weighted by Gasteiger charge is -2.28. The number of hydrogen-bond acceptors (Lipinski definition) is 5. The molecule has 264 valence electrons. The summed E-state index contributed by atoms with van der Waals surface area (Å²) in [6.07, 6.45) is 8.32. The minimum absolute atomic E-state index is 0.105. The lowest BCUT2D eigenvalue weighted by Crippen LogP contribution is -2.39. The lowest BCUT2D eigenvalue weighted by atomic mass is 9.99. The number of aliphatic hydroxyl groups is 2. The van der Waals surface area contributed by atoms with E-state index in [9.17, 15) is 19.8 Å². The third kappa shape index (κ3) is 9.02. The Morgan fingerprint density at radius 3 is 1.37 bits per heavy atom. The summed E-state index contributed by atoms with van der Waals surface area (Å²) in [6.45, 7) is 2.09. The van der Waals surface area contributed by atoms with Crippen LogP contribution in [0.1, 0.15) is 36.8 Å². The Kier molecular flexibility index (Phi) is 12.8. The first-order valence-electron chi connectivity index (χ1n) is 16.7. The highest BCUT2D eigenvalue weighted by atomic mass is 79.9. The van der Waals surface area contributed by atoms with Gasteiger partial charge in [-0.25, -0.2) is 0 Å². The van der Waals surface area contributed by atoms with E-state index in [4.69, 9.17) is 23.2 Å². The number of benzene rings is 4. The zero-order valence-electron chi connectivity index (χ0n) is 27.6. The van der Waals surface area contributed by atoms with E-state index in [1.165, 1.54) is 11.8 Å². The fraction of sp³-hybridized carbons (Fsp3) is 0.250. The second kappa shape index (κ2) is 17.3. The molecule has 2 fully saturated rings. The molecule has 0 radical (unpaired) electrons. The molecule has 11 heteroatoms. The van der Waals surface area contributed by atoms with E-state index in [0.29, 0.717) is 61.9 Å². The number of piperidine rings is 2. The van der Waals surface area contributed by atoms with Crippen LogP contribution in [0.2, 0.25) is 10.0 Å². The quantitative estimate of drug-likeness (QED) is 0.173. The van der Waals surface area contributed by atoms with Crippen molar-refractivity contribution in [2.75, 3.05) is 26.2 Å². The van der Waals surface area contributed by atoms with Gasteiger partial charge in [-0.1, -0.05) is 115 Å². The number of nitrogens with zero attached hydrogens (tertiary/aromatic N) is 2. The van der Waals surface area contributed by atoms with Crippen LogP contribution in [0.4, 0.5) is 0 Å². The molecule has 4 aromatic carbocycles. The largest absolute Gasteiger partial charge is 0.393 e. The number of hydrogen-bond donors (Lipinski definition) is 2. The summed E-state index contributed by atoms with van der Waals surface area (Å²) in [7, 11) is 0.